The molecule has 0 bridgehead atoms. The van der Waals surface area contributed by atoms with Crippen molar-refractivity contribution in [3.63, 3.8) is 0 Å². The molecule has 0 saturated heterocycles. The lowest BCUT2D eigenvalue weighted by molar-refractivity contribution is -0.112. The molecule has 5 nitrogen and oxygen atoms in total. The topological polar surface area (TPSA) is 57.4 Å². The van der Waals surface area contributed by atoms with Gasteiger partial charge in [0.1, 0.15) is 11.6 Å². The third-order valence-electron chi connectivity index (χ3n) is 4.38. The van der Waals surface area contributed by atoms with Crippen molar-refractivity contribution in [1.82, 2.24) is 10.2 Å². The second-order valence-corrected chi connectivity index (χ2v) is 8.24. The summed E-state index contributed by atoms with van der Waals surface area (Å²) in [6.45, 7) is 0.285. The van der Waals surface area contributed by atoms with E-state index in [-0.39, 0.29) is 12.4 Å². The minimum absolute atomic E-state index is 0.285. The maximum Gasteiger partial charge on any atom is 0.277 e. The molecule has 2 aromatic heterocycles. The summed E-state index contributed by atoms with van der Waals surface area (Å²) in [5.41, 5.74) is 2.33. The highest BCUT2D eigenvalue weighted by molar-refractivity contribution is 7.98. The second-order valence-electron chi connectivity index (χ2n) is 6.36. The maximum absolute atomic E-state index is 14.1. The van der Waals surface area contributed by atoms with E-state index in [2.05, 4.69) is 10.2 Å². The Hall–Kier alpha value is -2.68. The number of nitrogens with zero attached hydrogens (tertiary/aromatic N) is 2. The summed E-state index contributed by atoms with van der Waals surface area (Å²) in [5.74, 6) is 1.25. The molecule has 1 atom stereocenters. The summed E-state index contributed by atoms with van der Waals surface area (Å²) in [7, 11) is 0. The third-order valence-corrected chi connectivity index (χ3v) is 6.11. The molecule has 1 aliphatic rings. The van der Waals surface area contributed by atoms with Gasteiger partial charge in [0.25, 0.3) is 11.1 Å². The highest BCUT2D eigenvalue weighted by Gasteiger charge is 2.25. The number of benzene rings is 2. The molecule has 0 N–H and O–H groups in total. The molecule has 2 aromatic carbocycles. The first-order chi connectivity index (χ1) is 14.3. The normalized spacial score (nSPS) is 15.7. The van der Waals surface area contributed by atoms with Crippen LogP contribution in [0.1, 0.15) is 23.0 Å². The van der Waals surface area contributed by atoms with Crippen LogP contribution in [0.4, 0.5) is 4.39 Å². The molecule has 4 aromatic rings. The quantitative estimate of drug-likeness (QED) is 0.374. The van der Waals surface area contributed by atoms with Crippen LogP contribution in [0.2, 0.25) is 0 Å². The van der Waals surface area contributed by atoms with Crippen LogP contribution >= 0.6 is 23.1 Å². The Labute approximate surface area is 174 Å². The fourth-order valence-electron chi connectivity index (χ4n) is 3.07. The van der Waals surface area contributed by atoms with Gasteiger partial charge in [0, 0.05) is 22.4 Å². The molecule has 3 heterocycles. The first-order valence-corrected chi connectivity index (χ1v) is 10.8. The predicted octanol–water partition coefficient (Wildman–Crippen LogP) is 5.84. The summed E-state index contributed by atoms with van der Waals surface area (Å²) in [6.07, 6.45) is -0.522. The molecule has 5 rings (SSSR count). The minimum atomic E-state index is -0.522. The monoisotopic (exact) mass is 426 g/mol. The molecule has 0 saturated carbocycles. The number of hydrogen-bond acceptors (Lipinski definition) is 7. The van der Waals surface area contributed by atoms with Gasteiger partial charge < -0.3 is 13.9 Å². The number of fused-ring (bicyclic) bond motifs is 1. The first-order valence-electron chi connectivity index (χ1n) is 8.91. The van der Waals surface area contributed by atoms with Crippen molar-refractivity contribution >= 4 is 23.1 Å². The number of hydrogen-bond donors (Lipinski definition) is 0. The Balaban J connectivity index is 1.36. The highest BCUT2D eigenvalue weighted by Crippen LogP contribution is 2.39. The van der Waals surface area contributed by atoms with Crippen LogP contribution in [-0.2, 0) is 17.1 Å². The van der Waals surface area contributed by atoms with Gasteiger partial charge in [-0.3, -0.25) is 0 Å². The minimum Gasteiger partial charge on any atom is -0.460 e. The number of halogens is 1. The summed E-state index contributed by atoms with van der Waals surface area (Å²) in [6, 6.07) is 16.5. The van der Waals surface area contributed by atoms with Crippen LogP contribution in [0, 0.1) is 5.82 Å². The van der Waals surface area contributed by atoms with Crippen molar-refractivity contribution in [3.8, 4) is 16.5 Å². The zero-order valence-electron chi connectivity index (χ0n) is 15.1. The fourth-order valence-corrected chi connectivity index (χ4v) is 4.44. The average molecular weight is 426 g/mol. The van der Waals surface area contributed by atoms with Gasteiger partial charge in [0.15, 0.2) is 0 Å². The molecule has 8 heteroatoms. The summed E-state index contributed by atoms with van der Waals surface area (Å²) in [5, 5.41) is 10.5. The predicted molar refractivity (Wildman–Crippen MR) is 108 cm³/mol. The van der Waals surface area contributed by atoms with Gasteiger partial charge in [0.05, 0.1) is 11.5 Å². The van der Waals surface area contributed by atoms with Crippen molar-refractivity contribution in [1.29, 1.82) is 0 Å². The second kappa shape index (κ2) is 7.98. The van der Waals surface area contributed by atoms with Crippen LogP contribution in [0.3, 0.4) is 0 Å². The van der Waals surface area contributed by atoms with Crippen molar-refractivity contribution in [2.75, 3.05) is 0 Å². The van der Waals surface area contributed by atoms with Crippen LogP contribution in [-0.4, -0.2) is 10.2 Å². The molecule has 0 amide bonds. The summed E-state index contributed by atoms with van der Waals surface area (Å²) in [4.78, 5) is 0.915. The number of rotatable bonds is 5. The Morgan fingerprint density at radius 2 is 2.00 bits per heavy atom. The van der Waals surface area contributed by atoms with E-state index in [0.717, 1.165) is 16.0 Å². The van der Waals surface area contributed by atoms with Gasteiger partial charge in [-0.2, -0.15) is 0 Å². The zero-order valence-corrected chi connectivity index (χ0v) is 16.7. The molecular weight excluding hydrogens is 411 g/mol. The lowest BCUT2D eigenvalue weighted by Gasteiger charge is -2.28. The van der Waals surface area contributed by atoms with Gasteiger partial charge in [-0.1, -0.05) is 48.2 Å². The van der Waals surface area contributed by atoms with E-state index in [1.54, 1.807) is 0 Å². The molecule has 146 valence electrons. The number of aromatic nitrogens is 2. The van der Waals surface area contributed by atoms with E-state index in [1.165, 1.54) is 35.2 Å². The van der Waals surface area contributed by atoms with Gasteiger partial charge >= 0.3 is 0 Å². The smallest absolute Gasteiger partial charge is 0.277 e. The molecule has 1 unspecified atom stereocenters. The van der Waals surface area contributed by atoms with Crippen molar-refractivity contribution in [2.45, 2.75) is 23.9 Å². The largest absolute Gasteiger partial charge is 0.460 e. The Kier molecular flexibility index (Phi) is 5.05. The Morgan fingerprint density at radius 1 is 1.10 bits per heavy atom. The summed E-state index contributed by atoms with van der Waals surface area (Å²) < 4.78 is 31.7. The molecule has 0 aliphatic carbocycles. The van der Waals surface area contributed by atoms with E-state index in [0.29, 0.717) is 28.2 Å². The molecule has 0 spiro atoms. The van der Waals surface area contributed by atoms with E-state index >= 15 is 0 Å². The van der Waals surface area contributed by atoms with Crippen LogP contribution in [0.15, 0.2) is 69.6 Å². The van der Waals surface area contributed by atoms with E-state index < -0.39 is 6.29 Å². The van der Waals surface area contributed by atoms with E-state index in [4.69, 9.17) is 13.9 Å². The van der Waals surface area contributed by atoms with Gasteiger partial charge in [-0.25, -0.2) is 4.39 Å². The molecular formula is C21H15FN2O3S2. The zero-order chi connectivity index (χ0) is 19.6. The number of thioether (sulfide) groups is 1. The average Bonchev–Trinajstić information content (AvgIpc) is 3.44. The van der Waals surface area contributed by atoms with E-state index in [1.807, 2.05) is 47.8 Å². The summed E-state index contributed by atoms with van der Waals surface area (Å²) >= 11 is 2.88. The number of thiophene rings is 1. The van der Waals surface area contributed by atoms with Gasteiger partial charge in [-0.15, -0.1) is 21.5 Å². The van der Waals surface area contributed by atoms with Crippen molar-refractivity contribution in [2.24, 2.45) is 0 Å². The molecule has 0 fully saturated rings. The van der Waals surface area contributed by atoms with Gasteiger partial charge in [0.2, 0.25) is 6.29 Å². The lowest BCUT2D eigenvalue weighted by atomic mass is 10.1. The molecule has 29 heavy (non-hydrogen) atoms. The number of ether oxygens (including phenoxy) is 2. The van der Waals surface area contributed by atoms with Crippen LogP contribution < -0.4 is 4.74 Å². The Bertz CT molecular complexity index is 1120. The van der Waals surface area contributed by atoms with Crippen LogP contribution in [0.25, 0.3) is 10.8 Å². The third kappa shape index (κ3) is 3.91. The van der Waals surface area contributed by atoms with Crippen LogP contribution in [0.5, 0.6) is 5.75 Å². The first kappa shape index (κ1) is 18.4. The standard InChI is InChI=1S/C21H15FN2O3S2/c22-16-9-14-11-25-20(13-5-2-1-3-6-13)26-18(14)15(10-16)12-29-21-24-23-19(27-21)17-7-4-8-28-17/h1-10,20H,11-12H2. The molecule has 1 aliphatic heterocycles. The Morgan fingerprint density at radius 3 is 2.83 bits per heavy atom. The van der Waals surface area contributed by atoms with E-state index in [9.17, 15) is 4.39 Å². The van der Waals surface area contributed by atoms with Crippen molar-refractivity contribution < 1.29 is 18.3 Å². The lowest BCUT2D eigenvalue weighted by Crippen LogP contribution is -2.19. The molecule has 0 radical (unpaired) electrons. The maximum atomic E-state index is 14.1. The highest BCUT2D eigenvalue weighted by atomic mass is 32.2. The van der Waals surface area contributed by atoms with Crippen molar-refractivity contribution in [3.05, 3.63) is 82.5 Å². The SMILES string of the molecule is Fc1cc2c(c(CSc3nnc(-c4cccs4)o3)c1)OC(c1ccccc1)OC2. The van der Waals surface area contributed by atoms with Gasteiger partial charge in [-0.05, 0) is 23.6 Å². The fraction of sp³-hybridized carbons (Fsp3) is 0.143.